The largest absolute Gasteiger partial charge is 0.444 e. The molecule has 0 aliphatic carbocycles. The second-order valence-electron chi connectivity index (χ2n) is 3.42. The van der Waals surface area contributed by atoms with Gasteiger partial charge in [-0.2, -0.15) is 0 Å². The summed E-state index contributed by atoms with van der Waals surface area (Å²) >= 11 is 0. The predicted octanol–water partition coefficient (Wildman–Crippen LogP) is 1.64. The highest BCUT2D eigenvalue weighted by Gasteiger charge is 2.09. The molecule has 0 saturated carbocycles. The summed E-state index contributed by atoms with van der Waals surface area (Å²) in [6, 6.07) is 0. The van der Waals surface area contributed by atoms with Gasteiger partial charge in [-0.3, -0.25) is 0 Å². The summed E-state index contributed by atoms with van der Waals surface area (Å²) in [6.45, 7) is 6.66. The predicted molar refractivity (Wildman–Crippen MR) is 47.7 cm³/mol. The third-order valence-corrected chi connectivity index (χ3v) is 1.71. The van der Waals surface area contributed by atoms with Crippen LogP contribution in [0.5, 0.6) is 0 Å². The first-order valence-corrected chi connectivity index (χ1v) is 4.28. The minimum absolute atomic E-state index is 0.388. The highest BCUT2D eigenvalue weighted by atomic mass is 16.4. The second kappa shape index (κ2) is 3.72. The molecule has 0 unspecified atom stereocenters. The lowest BCUT2D eigenvalue weighted by Gasteiger charge is -1.99. The summed E-state index contributed by atoms with van der Waals surface area (Å²) < 4.78 is 5.44. The minimum Gasteiger partial charge on any atom is -0.444 e. The molecule has 0 atom stereocenters. The number of oxazole rings is 1. The van der Waals surface area contributed by atoms with E-state index in [4.69, 9.17) is 10.2 Å². The Morgan fingerprint density at radius 1 is 1.50 bits per heavy atom. The van der Waals surface area contributed by atoms with Gasteiger partial charge in [0.1, 0.15) is 5.76 Å². The standard InChI is InChI=1S/C9H16N2O/c1-6(2)4-8-7(3)11-9(5-10)12-8/h6H,4-5,10H2,1-3H3. The molecule has 0 spiro atoms. The average Bonchev–Trinajstić information content (AvgIpc) is 2.31. The zero-order chi connectivity index (χ0) is 9.14. The van der Waals surface area contributed by atoms with E-state index in [9.17, 15) is 0 Å². The van der Waals surface area contributed by atoms with Gasteiger partial charge in [0, 0.05) is 6.42 Å². The first-order valence-electron chi connectivity index (χ1n) is 4.28. The topological polar surface area (TPSA) is 52.0 Å². The molecule has 0 fully saturated rings. The number of nitrogens with zero attached hydrogens (tertiary/aromatic N) is 1. The summed E-state index contributed by atoms with van der Waals surface area (Å²) in [5, 5.41) is 0. The van der Waals surface area contributed by atoms with Gasteiger partial charge in [0.05, 0.1) is 12.2 Å². The lowest BCUT2D eigenvalue weighted by atomic mass is 10.1. The van der Waals surface area contributed by atoms with Crippen molar-refractivity contribution in [3.05, 3.63) is 17.3 Å². The fourth-order valence-electron chi connectivity index (χ4n) is 1.14. The van der Waals surface area contributed by atoms with Gasteiger partial charge in [0.25, 0.3) is 0 Å². The fraction of sp³-hybridized carbons (Fsp3) is 0.667. The van der Waals surface area contributed by atoms with Crippen LogP contribution in [0.25, 0.3) is 0 Å². The van der Waals surface area contributed by atoms with Crippen molar-refractivity contribution in [3.63, 3.8) is 0 Å². The molecule has 3 nitrogen and oxygen atoms in total. The van der Waals surface area contributed by atoms with Gasteiger partial charge in [0.2, 0.25) is 5.89 Å². The molecule has 3 heteroatoms. The van der Waals surface area contributed by atoms with Crippen molar-refractivity contribution < 1.29 is 4.42 Å². The first kappa shape index (κ1) is 9.26. The van der Waals surface area contributed by atoms with Gasteiger partial charge in [-0.05, 0) is 12.8 Å². The molecule has 1 aromatic heterocycles. The Kier molecular flexibility index (Phi) is 2.87. The van der Waals surface area contributed by atoms with Gasteiger partial charge >= 0.3 is 0 Å². The van der Waals surface area contributed by atoms with E-state index in [0.717, 1.165) is 17.9 Å². The van der Waals surface area contributed by atoms with Crippen LogP contribution >= 0.6 is 0 Å². The first-order chi connectivity index (χ1) is 5.63. The van der Waals surface area contributed by atoms with Crippen molar-refractivity contribution >= 4 is 0 Å². The van der Waals surface area contributed by atoms with E-state index in [-0.39, 0.29) is 0 Å². The maximum atomic E-state index is 5.44. The van der Waals surface area contributed by atoms with Crippen LogP contribution in [0.2, 0.25) is 0 Å². The van der Waals surface area contributed by atoms with Crippen molar-refractivity contribution in [3.8, 4) is 0 Å². The van der Waals surface area contributed by atoms with E-state index in [0.29, 0.717) is 18.4 Å². The van der Waals surface area contributed by atoms with Crippen molar-refractivity contribution in [2.24, 2.45) is 11.7 Å². The number of hydrogen-bond acceptors (Lipinski definition) is 3. The van der Waals surface area contributed by atoms with Crippen LogP contribution in [0.15, 0.2) is 4.42 Å². The quantitative estimate of drug-likeness (QED) is 0.746. The molecule has 2 N–H and O–H groups in total. The van der Waals surface area contributed by atoms with E-state index in [1.807, 2.05) is 6.92 Å². The molecule has 0 aliphatic rings. The third kappa shape index (κ3) is 2.08. The molecule has 0 amide bonds. The monoisotopic (exact) mass is 168 g/mol. The molecule has 0 bridgehead atoms. The maximum Gasteiger partial charge on any atom is 0.208 e. The second-order valence-corrected chi connectivity index (χ2v) is 3.42. The van der Waals surface area contributed by atoms with Gasteiger partial charge in [-0.25, -0.2) is 4.98 Å². The van der Waals surface area contributed by atoms with E-state index in [1.54, 1.807) is 0 Å². The SMILES string of the molecule is Cc1nc(CN)oc1CC(C)C. The van der Waals surface area contributed by atoms with Crippen molar-refractivity contribution in [2.45, 2.75) is 33.7 Å². The van der Waals surface area contributed by atoms with Crippen LogP contribution in [-0.4, -0.2) is 4.98 Å². The van der Waals surface area contributed by atoms with Crippen LogP contribution in [-0.2, 0) is 13.0 Å². The normalized spacial score (nSPS) is 11.1. The minimum atomic E-state index is 0.388. The molecular formula is C9H16N2O. The molecule has 1 heterocycles. The molecule has 68 valence electrons. The molecule has 1 aromatic rings. The van der Waals surface area contributed by atoms with Crippen LogP contribution in [0, 0.1) is 12.8 Å². The molecule has 1 rings (SSSR count). The molecular weight excluding hydrogens is 152 g/mol. The molecule has 0 radical (unpaired) electrons. The lowest BCUT2D eigenvalue weighted by molar-refractivity contribution is 0.432. The van der Waals surface area contributed by atoms with E-state index < -0.39 is 0 Å². The molecule has 0 saturated heterocycles. The average molecular weight is 168 g/mol. The molecule has 12 heavy (non-hydrogen) atoms. The highest BCUT2D eigenvalue weighted by molar-refractivity contribution is 5.08. The zero-order valence-corrected chi connectivity index (χ0v) is 7.92. The Morgan fingerprint density at radius 3 is 2.58 bits per heavy atom. The molecule has 0 aliphatic heterocycles. The third-order valence-electron chi connectivity index (χ3n) is 1.71. The number of aromatic nitrogens is 1. The van der Waals surface area contributed by atoms with Crippen molar-refractivity contribution in [1.82, 2.24) is 4.98 Å². The summed E-state index contributed by atoms with van der Waals surface area (Å²) in [4.78, 5) is 4.19. The summed E-state index contributed by atoms with van der Waals surface area (Å²) in [6.07, 6.45) is 0.943. The maximum absolute atomic E-state index is 5.44. The smallest absolute Gasteiger partial charge is 0.208 e. The Labute approximate surface area is 73.0 Å². The Bertz CT molecular complexity index is 253. The lowest BCUT2D eigenvalue weighted by Crippen LogP contribution is -1.95. The fourth-order valence-corrected chi connectivity index (χ4v) is 1.14. The van der Waals surface area contributed by atoms with Gasteiger partial charge < -0.3 is 10.2 Å². The summed E-state index contributed by atoms with van der Waals surface area (Å²) in [5.41, 5.74) is 6.38. The van der Waals surface area contributed by atoms with Crippen LogP contribution in [0.4, 0.5) is 0 Å². The Hall–Kier alpha value is -0.830. The van der Waals surface area contributed by atoms with Crippen LogP contribution in [0.3, 0.4) is 0 Å². The molecule has 0 aromatic carbocycles. The number of rotatable bonds is 3. The number of hydrogen-bond donors (Lipinski definition) is 1. The van der Waals surface area contributed by atoms with E-state index >= 15 is 0 Å². The van der Waals surface area contributed by atoms with E-state index in [2.05, 4.69) is 18.8 Å². The summed E-state index contributed by atoms with van der Waals surface area (Å²) in [5.74, 6) is 2.22. The Balaban J connectivity index is 2.77. The Morgan fingerprint density at radius 2 is 2.17 bits per heavy atom. The summed E-state index contributed by atoms with van der Waals surface area (Å²) in [7, 11) is 0. The van der Waals surface area contributed by atoms with Crippen molar-refractivity contribution in [2.75, 3.05) is 0 Å². The van der Waals surface area contributed by atoms with Gasteiger partial charge in [0.15, 0.2) is 0 Å². The van der Waals surface area contributed by atoms with Gasteiger partial charge in [-0.15, -0.1) is 0 Å². The van der Waals surface area contributed by atoms with Crippen LogP contribution in [0.1, 0.15) is 31.2 Å². The number of aryl methyl sites for hydroxylation is 1. The zero-order valence-electron chi connectivity index (χ0n) is 7.92. The van der Waals surface area contributed by atoms with Crippen LogP contribution < -0.4 is 5.73 Å². The van der Waals surface area contributed by atoms with Gasteiger partial charge in [-0.1, -0.05) is 13.8 Å². The number of nitrogens with two attached hydrogens (primary N) is 1. The van der Waals surface area contributed by atoms with Crippen molar-refractivity contribution in [1.29, 1.82) is 0 Å². The van der Waals surface area contributed by atoms with E-state index in [1.165, 1.54) is 0 Å². The highest BCUT2D eigenvalue weighted by Crippen LogP contribution is 2.14.